The Labute approximate surface area is 104 Å². The Hall–Kier alpha value is -2.09. The van der Waals surface area contributed by atoms with Crippen LogP contribution in [0.15, 0.2) is 24.3 Å². The smallest absolute Gasteiger partial charge is 0.326 e. The number of halogens is 4. The van der Waals surface area contributed by atoms with Crippen LogP contribution in [0.3, 0.4) is 0 Å². The lowest BCUT2D eigenvalue weighted by molar-refractivity contribution is -0.201. The monoisotopic (exact) mass is 276 g/mol. The number of rotatable bonds is 4. The number of para-hydroxylation sites is 1. The zero-order valence-corrected chi connectivity index (χ0v) is 9.36. The number of nitrogens with zero attached hydrogens (tertiary/aromatic N) is 2. The number of carbonyl (C=O) groups is 1. The predicted molar refractivity (Wildman–Crippen MR) is 57.6 cm³/mol. The summed E-state index contributed by atoms with van der Waals surface area (Å²) in [6.07, 6.45) is -0.842. The summed E-state index contributed by atoms with van der Waals surface area (Å²) < 4.78 is 51.9. The number of carboxylic acids is 1. The fourth-order valence-electron chi connectivity index (χ4n) is 1.86. The molecule has 0 spiro atoms. The van der Waals surface area contributed by atoms with E-state index in [4.69, 9.17) is 5.11 Å². The maximum Gasteiger partial charge on any atom is 0.326 e. The second-order valence-corrected chi connectivity index (χ2v) is 3.88. The van der Waals surface area contributed by atoms with Gasteiger partial charge in [0.15, 0.2) is 6.04 Å². The topological polar surface area (TPSA) is 45.5 Å². The van der Waals surface area contributed by atoms with Gasteiger partial charge in [-0.15, -0.1) is 8.96 Å². The molecule has 0 saturated heterocycles. The Bertz CT molecular complexity index is 626. The first-order valence-corrected chi connectivity index (χ1v) is 5.21. The summed E-state index contributed by atoms with van der Waals surface area (Å²) in [7, 11) is 0. The average Bonchev–Trinajstić information content (AvgIpc) is 2.59. The van der Waals surface area contributed by atoms with Gasteiger partial charge in [0.2, 0.25) is 5.95 Å². The Morgan fingerprint density at radius 3 is 2.58 bits per heavy atom. The first-order valence-electron chi connectivity index (χ1n) is 5.21. The summed E-state index contributed by atoms with van der Waals surface area (Å²) in [6.45, 7) is 0. The third-order valence-electron chi connectivity index (χ3n) is 2.78. The van der Waals surface area contributed by atoms with Crippen molar-refractivity contribution in [2.45, 2.75) is 12.5 Å². The van der Waals surface area contributed by atoms with Gasteiger partial charge >= 0.3 is 5.97 Å². The lowest BCUT2D eigenvalue weighted by Crippen LogP contribution is -2.33. The van der Waals surface area contributed by atoms with Gasteiger partial charge in [0, 0.05) is 22.7 Å². The van der Waals surface area contributed by atoms with E-state index < -0.39 is 35.3 Å². The molecule has 1 atom stereocenters. The van der Waals surface area contributed by atoms with Crippen LogP contribution in [0.1, 0.15) is 5.56 Å². The molecule has 1 aromatic carbocycles. The van der Waals surface area contributed by atoms with Crippen LogP contribution in [0.5, 0.6) is 0 Å². The number of aromatic nitrogens is 1. The highest BCUT2D eigenvalue weighted by Crippen LogP contribution is 2.27. The summed E-state index contributed by atoms with van der Waals surface area (Å²) in [5, 5.41) is 7.16. The number of hydrogen-bond donors (Lipinski definition) is 1. The third-order valence-corrected chi connectivity index (χ3v) is 2.78. The molecule has 102 valence electrons. The van der Waals surface area contributed by atoms with E-state index in [0.717, 1.165) is 0 Å². The quantitative estimate of drug-likeness (QED) is 0.689. The Morgan fingerprint density at radius 1 is 1.37 bits per heavy atom. The third kappa shape index (κ3) is 2.26. The van der Waals surface area contributed by atoms with E-state index in [9.17, 15) is 22.6 Å². The van der Waals surface area contributed by atoms with Crippen molar-refractivity contribution in [2.75, 3.05) is 0 Å². The molecular formula is C11H8F4N2O2. The normalized spacial score (nSPS) is 13.1. The van der Waals surface area contributed by atoms with Gasteiger partial charge in [-0.25, -0.2) is 0 Å². The second kappa shape index (κ2) is 4.88. The summed E-state index contributed by atoms with van der Waals surface area (Å²) in [4.78, 5) is 10.4. The molecule has 1 aromatic heterocycles. The maximum absolute atomic E-state index is 13.6. The van der Waals surface area contributed by atoms with Gasteiger partial charge in [0.05, 0.1) is 5.52 Å². The van der Waals surface area contributed by atoms with Crippen LogP contribution in [-0.4, -0.2) is 27.3 Å². The fourth-order valence-corrected chi connectivity index (χ4v) is 1.86. The molecule has 1 unspecified atom stereocenters. The number of hydrogen-bond acceptors (Lipinski definition) is 2. The Kier molecular flexibility index (Phi) is 3.43. The molecule has 1 heterocycles. The van der Waals surface area contributed by atoms with Gasteiger partial charge in [-0.1, -0.05) is 22.7 Å². The van der Waals surface area contributed by atoms with Gasteiger partial charge < -0.3 is 5.11 Å². The lowest BCUT2D eigenvalue weighted by Gasteiger charge is -2.11. The summed E-state index contributed by atoms with van der Waals surface area (Å²) in [5.74, 6) is -3.19. The molecule has 4 nitrogen and oxygen atoms in total. The molecule has 2 rings (SSSR count). The minimum atomic E-state index is -2.24. The number of carboxylic acid groups (broad SMARTS) is 1. The zero-order chi connectivity index (χ0) is 14.2. The van der Waals surface area contributed by atoms with E-state index in [1.54, 1.807) is 0 Å². The summed E-state index contributed by atoms with van der Waals surface area (Å²) in [6, 6.07) is 3.29. The predicted octanol–water partition coefficient (Wildman–Crippen LogP) is 2.58. The van der Waals surface area contributed by atoms with Crippen molar-refractivity contribution in [1.82, 2.24) is 10.1 Å². The standard InChI is InChI=1S/C11H8F4N2O2/c12-10-7(5-9(11(18)19)17(14)15)6-3-1-2-4-8(6)16(10)13/h1-4,9H,5H2,(H,18,19). The maximum atomic E-state index is 13.6. The molecule has 0 bridgehead atoms. The first kappa shape index (κ1) is 13.3. The van der Waals surface area contributed by atoms with Crippen molar-refractivity contribution in [3.63, 3.8) is 0 Å². The molecule has 2 aromatic rings. The van der Waals surface area contributed by atoms with Crippen molar-refractivity contribution >= 4 is 16.9 Å². The highest BCUT2D eigenvalue weighted by atomic mass is 19.4. The van der Waals surface area contributed by atoms with Crippen molar-refractivity contribution in [3.05, 3.63) is 35.8 Å². The molecule has 0 aliphatic heterocycles. The van der Waals surface area contributed by atoms with E-state index in [0.29, 0.717) is 0 Å². The van der Waals surface area contributed by atoms with Crippen molar-refractivity contribution < 1.29 is 27.7 Å². The van der Waals surface area contributed by atoms with Crippen LogP contribution in [-0.2, 0) is 11.2 Å². The minimum absolute atomic E-state index is 0.0654. The Balaban J connectivity index is 2.51. The average molecular weight is 276 g/mol. The van der Waals surface area contributed by atoms with Crippen LogP contribution in [0.4, 0.5) is 17.8 Å². The highest BCUT2D eigenvalue weighted by Gasteiger charge is 2.30. The second-order valence-electron chi connectivity index (χ2n) is 3.88. The molecule has 19 heavy (non-hydrogen) atoms. The van der Waals surface area contributed by atoms with E-state index >= 15 is 0 Å². The number of benzene rings is 1. The zero-order valence-electron chi connectivity index (χ0n) is 9.36. The molecule has 0 fully saturated rings. The fraction of sp³-hybridized carbons (Fsp3) is 0.182. The number of fused-ring (bicyclic) bond motifs is 1. The molecule has 0 amide bonds. The van der Waals surface area contributed by atoms with Crippen LogP contribution in [0.2, 0.25) is 0 Å². The SMILES string of the molecule is O=C(O)C(Cc1c(F)n(F)c2ccccc12)N(F)F. The lowest BCUT2D eigenvalue weighted by atomic mass is 10.1. The number of aliphatic carboxylic acids is 1. The molecule has 0 radical (unpaired) electrons. The summed E-state index contributed by atoms with van der Waals surface area (Å²) >= 11 is 0. The molecule has 0 aliphatic carbocycles. The van der Waals surface area contributed by atoms with Crippen LogP contribution in [0, 0.1) is 5.95 Å². The van der Waals surface area contributed by atoms with Gasteiger partial charge in [0.1, 0.15) is 0 Å². The van der Waals surface area contributed by atoms with E-state index in [1.807, 2.05) is 0 Å². The van der Waals surface area contributed by atoms with Gasteiger partial charge in [-0.05, 0) is 6.07 Å². The minimum Gasteiger partial charge on any atom is -0.480 e. The first-order chi connectivity index (χ1) is 8.93. The van der Waals surface area contributed by atoms with Gasteiger partial charge in [0.25, 0.3) is 0 Å². The Morgan fingerprint density at radius 2 is 2.00 bits per heavy atom. The van der Waals surface area contributed by atoms with E-state index in [-0.39, 0.29) is 15.7 Å². The molecule has 0 saturated carbocycles. The van der Waals surface area contributed by atoms with E-state index in [2.05, 4.69) is 0 Å². The van der Waals surface area contributed by atoms with Crippen LogP contribution < -0.4 is 0 Å². The van der Waals surface area contributed by atoms with Gasteiger partial charge in [-0.2, -0.15) is 9.18 Å². The molecule has 8 heteroatoms. The molecular weight excluding hydrogens is 268 g/mol. The van der Waals surface area contributed by atoms with Crippen LogP contribution in [0.25, 0.3) is 10.9 Å². The van der Waals surface area contributed by atoms with Crippen molar-refractivity contribution in [2.24, 2.45) is 0 Å². The molecule has 0 aliphatic rings. The molecule has 1 N–H and O–H groups in total. The van der Waals surface area contributed by atoms with Crippen LogP contribution >= 0.6 is 0 Å². The van der Waals surface area contributed by atoms with Gasteiger partial charge in [-0.3, -0.25) is 4.79 Å². The van der Waals surface area contributed by atoms with Crippen molar-refractivity contribution in [3.8, 4) is 0 Å². The summed E-state index contributed by atoms with van der Waals surface area (Å²) in [5.41, 5.74) is -0.533. The largest absolute Gasteiger partial charge is 0.480 e. The van der Waals surface area contributed by atoms with E-state index in [1.165, 1.54) is 24.3 Å². The highest BCUT2D eigenvalue weighted by molar-refractivity contribution is 5.85. The van der Waals surface area contributed by atoms with Crippen molar-refractivity contribution in [1.29, 1.82) is 0 Å².